The zero-order chi connectivity index (χ0) is 14.7. The predicted octanol–water partition coefficient (Wildman–Crippen LogP) is 2.77. The van der Waals surface area contributed by atoms with Gasteiger partial charge in [0.05, 0.1) is 4.92 Å². The van der Waals surface area contributed by atoms with Crippen LogP contribution in [0.1, 0.15) is 24.5 Å². The van der Waals surface area contributed by atoms with Crippen LogP contribution in [0.15, 0.2) is 42.7 Å². The molecule has 1 aliphatic rings. The van der Waals surface area contributed by atoms with E-state index in [0.717, 1.165) is 31.6 Å². The molecule has 6 heteroatoms. The van der Waals surface area contributed by atoms with Crippen LogP contribution < -0.4 is 4.90 Å². The molecule has 1 fully saturated rings. The summed E-state index contributed by atoms with van der Waals surface area (Å²) in [5.74, 6) is 0.754. The fourth-order valence-electron chi connectivity index (χ4n) is 2.80. The molecule has 6 nitrogen and oxygen atoms in total. The maximum absolute atomic E-state index is 11.1. The Morgan fingerprint density at radius 1 is 1.19 bits per heavy atom. The third kappa shape index (κ3) is 2.84. The molecule has 3 rings (SSSR count). The van der Waals surface area contributed by atoms with Gasteiger partial charge in [0.15, 0.2) is 0 Å². The van der Waals surface area contributed by atoms with Crippen molar-refractivity contribution in [2.75, 3.05) is 18.0 Å². The second-order valence-corrected chi connectivity index (χ2v) is 5.14. The van der Waals surface area contributed by atoms with Crippen LogP contribution in [0.4, 0.5) is 11.5 Å². The fourth-order valence-corrected chi connectivity index (χ4v) is 2.80. The minimum atomic E-state index is -0.368. The topological polar surface area (TPSA) is 72.2 Å². The molecule has 0 aromatic carbocycles. The monoisotopic (exact) mass is 284 g/mol. The molecule has 0 N–H and O–H groups in total. The molecule has 0 bridgehead atoms. The molecule has 1 aliphatic heterocycles. The van der Waals surface area contributed by atoms with Crippen molar-refractivity contribution < 1.29 is 4.92 Å². The van der Waals surface area contributed by atoms with E-state index in [9.17, 15) is 10.1 Å². The lowest BCUT2D eigenvalue weighted by Crippen LogP contribution is -2.35. The molecule has 2 aromatic rings. The second kappa shape index (κ2) is 5.87. The van der Waals surface area contributed by atoms with Crippen molar-refractivity contribution in [3.05, 3.63) is 58.5 Å². The number of pyridine rings is 2. The highest BCUT2D eigenvalue weighted by molar-refractivity contribution is 5.57. The van der Waals surface area contributed by atoms with E-state index in [1.54, 1.807) is 18.5 Å². The SMILES string of the molecule is O=[N+]([O-])c1cccnc1N1CCCC(c2ccccn2)C1. The minimum absolute atomic E-state index is 0.0687. The van der Waals surface area contributed by atoms with Crippen LogP contribution in [0, 0.1) is 10.1 Å². The van der Waals surface area contributed by atoms with Crippen LogP contribution in [-0.4, -0.2) is 28.0 Å². The highest BCUT2D eigenvalue weighted by Gasteiger charge is 2.27. The Labute approximate surface area is 122 Å². The zero-order valence-electron chi connectivity index (χ0n) is 11.6. The van der Waals surface area contributed by atoms with Gasteiger partial charge in [0, 0.05) is 43.2 Å². The van der Waals surface area contributed by atoms with E-state index in [2.05, 4.69) is 9.97 Å². The highest BCUT2D eigenvalue weighted by atomic mass is 16.6. The quantitative estimate of drug-likeness (QED) is 0.640. The van der Waals surface area contributed by atoms with Crippen molar-refractivity contribution in [2.45, 2.75) is 18.8 Å². The zero-order valence-corrected chi connectivity index (χ0v) is 11.6. The van der Waals surface area contributed by atoms with Crippen LogP contribution >= 0.6 is 0 Å². The summed E-state index contributed by atoms with van der Waals surface area (Å²) in [5.41, 5.74) is 1.11. The summed E-state index contributed by atoms with van der Waals surface area (Å²) in [4.78, 5) is 21.4. The molecule has 0 amide bonds. The second-order valence-electron chi connectivity index (χ2n) is 5.14. The van der Waals surface area contributed by atoms with Crippen molar-refractivity contribution in [1.82, 2.24) is 9.97 Å². The lowest BCUT2D eigenvalue weighted by Gasteiger charge is -2.32. The number of nitro groups is 1. The van der Waals surface area contributed by atoms with Gasteiger partial charge in [-0.1, -0.05) is 6.07 Å². The number of hydrogen-bond donors (Lipinski definition) is 0. The molecular weight excluding hydrogens is 268 g/mol. The Bertz CT molecular complexity index is 633. The number of rotatable bonds is 3. The van der Waals surface area contributed by atoms with E-state index >= 15 is 0 Å². The molecule has 2 aromatic heterocycles. The Hall–Kier alpha value is -2.50. The molecule has 21 heavy (non-hydrogen) atoms. The van der Waals surface area contributed by atoms with Gasteiger partial charge in [0.1, 0.15) is 0 Å². The summed E-state index contributed by atoms with van der Waals surface area (Å²) < 4.78 is 0. The number of aromatic nitrogens is 2. The molecule has 1 saturated heterocycles. The third-order valence-corrected chi connectivity index (χ3v) is 3.79. The lowest BCUT2D eigenvalue weighted by atomic mass is 9.94. The van der Waals surface area contributed by atoms with Gasteiger partial charge < -0.3 is 4.90 Å². The van der Waals surface area contributed by atoms with E-state index in [0.29, 0.717) is 11.7 Å². The average molecular weight is 284 g/mol. The number of nitrogens with zero attached hydrogens (tertiary/aromatic N) is 4. The van der Waals surface area contributed by atoms with Crippen LogP contribution in [0.3, 0.4) is 0 Å². The van der Waals surface area contributed by atoms with Crippen LogP contribution in [-0.2, 0) is 0 Å². The first-order valence-corrected chi connectivity index (χ1v) is 7.01. The van der Waals surface area contributed by atoms with Crippen LogP contribution in [0.25, 0.3) is 0 Å². The molecule has 1 unspecified atom stereocenters. The smallest absolute Gasteiger partial charge is 0.311 e. The third-order valence-electron chi connectivity index (χ3n) is 3.79. The van der Waals surface area contributed by atoms with Gasteiger partial charge in [-0.2, -0.15) is 0 Å². The van der Waals surface area contributed by atoms with Crippen molar-refractivity contribution in [3.8, 4) is 0 Å². The van der Waals surface area contributed by atoms with Gasteiger partial charge in [-0.15, -0.1) is 0 Å². The standard InChI is InChI=1S/C15H16N4O2/c20-19(21)14-7-3-9-17-15(14)18-10-4-5-12(11-18)13-6-1-2-8-16-13/h1-3,6-9,12H,4-5,10-11H2. The number of hydrogen-bond acceptors (Lipinski definition) is 5. The van der Waals surface area contributed by atoms with Gasteiger partial charge in [0.2, 0.25) is 5.82 Å². The minimum Gasteiger partial charge on any atom is -0.350 e. The Kier molecular flexibility index (Phi) is 3.77. The maximum Gasteiger partial charge on any atom is 0.311 e. The van der Waals surface area contributed by atoms with Gasteiger partial charge in [0.25, 0.3) is 0 Å². The Morgan fingerprint density at radius 3 is 2.81 bits per heavy atom. The van der Waals surface area contributed by atoms with Gasteiger partial charge >= 0.3 is 5.69 Å². The molecule has 0 saturated carbocycles. The van der Waals surface area contributed by atoms with Crippen molar-refractivity contribution >= 4 is 11.5 Å². The molecule has 3 heterocycles. The van der Waals surface area contributed by atoms with Gasteiger partial charge in [-0.25, -0.2) is 4.98 Å². The molecular formula is C15H16N4O2. The Morgan fingerprint density at radius 2 is 2.05 bits per heavy atom. The maximum atomic E-state index is 11.1. The van der Waals surface area contributed by atoms with Crippen LogP contribution in [0.2, 0.25) is 0 Å². The lowest BCUT2D eigenvalue weighted by molar-refractivity contribution is -0.384. The summed E-state index contributed by atoms with van der Waals surface area (Å²) in [5, 5.41) is 11.1. The van der Waals surface area contributed by atoms with Gasteiger partial charge in [-0.3, -0.25) is 15.1 Å². The van der Waals surface area contributed by atoms with Crippen molar-refractivity contribution in [1.29, 1.82) is 0 Å². The van der Waals surface area contributed by atoms with E-state index in [1.807, 2.05) is 23.1 Å². The molecule has 108 valence electrons. The summed E-state index contributed by atoms with van der Waals surface area (Å²) in [7, 11) is 0. The summed E-state index contributed by atoms with van der Waals surface area (Å²) in [6.07, 6.45) is 5.42. The van der Waals surface area contributed by atoms with E-state index in [1.165, 1.54) is 6.07 Å². The number of piperidine rings is 1. The molecule has 0 spiro atoms. The summed E-state index contributed by atoms with van der Waals surface area (Å²) in [6, 6.07) is 8.99. The van der Waals surface area contributed by atoms with Crippen LogP contribution in [0.5, 0.6) is 0 Å². The highest BCUT2D eigenvalue weighted by Crippen LogP contribution is 2.32. The van der Waals surface area contributed by atoms with Crippen molar-refractivity contribution in [3.63, 3.8) is 0 Å². The molecule has 1 atom stereocenters. The normalized spacial score (nSPS) is 18.5. The van der Waals surface area contributed by atoms with E-state index < -0.39 is 0 Å². The van der Waals surface area contributed by atoms with E-state index in [4.69, 9.17) is 0 Å². The van der Waals surface area contributed by atoms with Gasteiger partial charge in [-0.05, 0) is 31.0 Å². The average Bonchev–Trinajstić information content (AvgIpc) is 2.56. The first-order valence-electron chi connectivity index (χ1n) is 7.01. The first kappa shape index (κ1) is 13.5. The fraction of sp³-hybridized carbons (Fsp3) is 0.333. The number of anilines is 1. The predicted molar refractivity (Wildman–Crippen MR) is 79.3 cm³/mol. The largest absolute Gasteiger partial charge is 0.350 e. The molecule has 0 aliphatic carbocycles. The van der Waals surface area contributed by atoms with E-state index in [-0.39, 0.29) is 10.6 Å². The summed E-state index contributed by atoms with van der Waals surface area (Å²) >= 11 is 0. The first-order chi connectivity index (χ1) is 10.3. The molecule has 0 radical (unpaired) electrons. The summed E-state index contributed by atoms with van der Waals surface area (Å²) in [6.45, 7) is 1.51. The van der Waals surface area contributed by atoms with Crippen molar-refractivity contribution in [2.24, 2.45) is 0 Å². The Balaban J connectivity index is 1.85.